The van der Waals surface area contributed by atoms with Crippen LogP contribution in [0, 0.1) is 6.92 Å². The zero-order valence-electron chi connectivity index (χ0n) is 16.5. The highest BCUT2D eigenvalue weighted by atomic mass is 32.2. The molecule has 0 N–H and O–H groups in total. The van der Waals surface area contributed by atoms with E-state index in [0.717, 1.165) is 23.4 Å². The van der Waals surface area contributed by atoms with E-state index >= 15 is 0 Å². The Hall–Kier alpha value is -1.87. The minimum Gasteiger partial charge on any atom is -0.338 e. The molecule has 152 valence electrons. The van der Waals surface area contributed by atoms with Crippen LogP contribution in [0.25, 0.3) is 11.4 Å². The molecule has 1 atom stereocenters. The van der Waals surface area contributed by atoms with Crippen molar-refractivity contribution in [1.82, 2.24) is 19.7 Å². The first kappa shape index (κ1) is 20.9. The highest BCUT2D eigenvalue weighted by Gasteiger charge is 2.34. The fourth-order valence-corrected chi connectivity index (χ4v) is 6.01. The van der Waals surface area contributed by atoms with Crippen LogP contribution < -0.4 is 0 Å². The van der Waals surface area contributed by atoms with E-state index in [1.807, 2.05) is 49.7 Å². The molecule has 7 nitrogen and oxygen atoms in total. The molecule has 1 fully saturated rings. The predicted octanol–water partition coefficient (Wildman–Crippen LogP) is 2.31. The van der Waals surface area contributed by atoms with Gasteiger partial charge >= 0.3 is 0 Å². The maximum Gasteiger partial charge on any atom is 0.233 e. The number of aromatic nitrogens is 3. The summed E-state index contributed by atoms with van der Waals surface area (Å²) < 4.78 is 25.5. The third-order valence-electron chi connectivity index (χ3n) is 4.98. The average Bonchev–Trinajstić information content (AvgIpc) is 3.20. The number of amides is 1. The topological polar surface area (TPSA) is 85.2 Å². The predicted molar refractivity (Wildman–Crippen MR) is 111 cm³/mol. The van der Waals surface area contributed by atoms with Crippen LogP contribution in [0.3, 0.4) is 0 Å². The Bertz CT molecular complexity index is 956. The molecule has 1 aromatic heterocycles. The van der Waals surface area contributed by atoms with Gasteiger partial charge in [0.1, 0.15) is 0 Å². The number of aryl methyl sites for hydroxylation is 1. The summed E-state index contributed by atoms with van der Waals surface area (Å²) in [6, 6.07) is 7.77. The molecule has 0 bridgehead atoms. The fraction of sp³-hybridized carbons (Fsp3) is 0.526. The lowest BCUT2D eigenvalue weighted by atomic mass is 10.1. The Morgan fingerprint density at radius 2 is 2.07 bits per heavy atom. The second-order valence-corrected chi connectivity index (χ2v) is 10.3. The van der Waals surface area contributed by atoms with Crippen LogP contribution in [-0.4, -0.2) is 63.8 Å². The molecule has 0 unspecified atom stereocenters. The number of hydrogen-bond acceptors (Lipinski definition) is 6. The summed E-state index contributed by atoms with van der Waals surface area (Å²) in [5, 5.41) is 9.20. The van der Waals surface area contributed by atoms with Gasteiger partial charge in [-0.05, 0) is 25.3 Å². The van der Waals surface area contributed by atoms with Crippen LogP contribution in [0.4, 0.5) is 0 Å². The van der Waals surface area contributed by atoms with Crippen molar-refractivity contribution in [2.24, 2.45) is 7.05 Å². The normalized spacial score (nSPS) is 18.3. The first-order valence-corrected chi connectivity index (χ1v) is 12.2. The third-order valence-corrected chi connectivity index (χ3v) is 7.73. The molecule has 9 heteroatoms. The molecule has 28 heavy (non-hydrogen) atoms. The number of hydrogen-bond donors (Lipinski definition) is 0. The van der Waals surface area contributed by atoms with E-state index in [9.17, 15) is 13.2 Å². The lowest BCUT2D eigenvalue weighted by Crippen LogP contribution is -2.42. The summed E-state index contributed by atoms with van der Waals surface area (Å²) in [5.74, 6) is 1.18. The minimum atomic E-state index is -3.02. The maximum atomic E-state index is 12.8. The SMILES string of the molecule is CCCN(C(=O)CSc1nnc(-c2ccccc2C)n1C)[C@H]1CCS(=O)(=O)C1. The molecule has 1 saturated heterocycles. The molecule has 1 amide bonds. The number of thioether (sulfide) groups is 1. The molecule has 0 saturated carbocycles. The first-order chi connectivity index (χ1) is 13.3. The maximum absolute atomic E-state index is 12.8. The van der Waals surface area contributed by atoms with Gasteiger partial charge in [0, 0.05) is 25.2 Å². The number of rotatable bonds is 7. The van der Waals surface area contributed by atoms with Crippen molar-refractivity contribution in [3.63, 3.8) is 0 Å². The molecular weight excluding hydrogens is 396 g/mol. The van der Waals surface area contributed by atoms with E-state index in [-0.39, 0.29) is 29.2 Å². The second kappa shape index (κ2) is 8.65. The van der Waals surface area contributed by atoms with E-state index in [4.69, 9.17) is 0 Å². The lowest BCUT2D eigenvalue weighted by Gasteiger charge is -2.27. The van der Waals surface area contributed by atoms with Crippen molar-refractivity contribution < 1.29 is 13.2 Å². The van der Waals surface area contributed by atoms with Gasteiger partial charge in [0.05, 0.1) is 17.3 Å². The number of sulfone groups is 1. The van der Waals surface area contributed by atoms with Gasteiger partial charge in [-0.1, -0.05) is 43.0 Å². The van der Waals surface area contributed by atoms with Crippen LogP contribution in [0.1, 0.15) is 25.3 Å². The van der Waals surface area contributed by atoms with Crippen molar-refractivity contribution in [2.45, 2.75) is 37.9 Å². The fourth-order valence-electron chi connectivity index (χ4n) is 3.48. The molecule has 1 aliphatic rings. The Morgan fingerprint density at radius 3 is 2.71 bits per heavy atom. The summed E-state index contributed by atoms with van der Waals surface area (Å²) >= 11 is 1.34. The largest absolute Gasteiger partial charge is 0.338 e. The van der Waals surface area contributed by atoms with Gasteiger partial charge in [0.25, 0.3) is 0 Å². The Kier molecular flexibility index (Phi) is 6.44. The molecule has 0 radical (unpaired) electrons. The van der Waals surface area contributed by atoms with Crippen molar-refractivity contribution >= 4 is 27.5 Å². The quantitative estimate of drug-likeness (QED) is 0.637. The minimum absolute atomic E-state index is 0.0469. The van der Waals surface area contributed by atoms with Crippen molar-refractivity contribution in [3.05, 3.63) is 29.8 Å². The van der Waals surface area contributed by atoms with Gasteiger partial charge in [-0.3, -0.25) is 4.79 Å². The van der Waals surface area contributed by atoms with Gasteiger partial charge in [-0.25, -0.2) is 8.42 Å². The molecule has 0 aliphatic carbocycles. The first-order valence-electron chi connectivity index (χ1n) is 9.40. The van der Waals surface area contributed by atoms with Gasteiger partial charge in [0.2, 0.25) is 5.91 Å². The lowest BCUT2D eigenvalue weighted by molar-refractivity contribution is -0.130. The standard InChI is InChI=1S/C19H26N4O3S2/c1-4-10-23(15-9-11-28(25,26)13-15)17(24)12-27-19-21-20-18(22(19)3)16-8-6-5-7-14(16)2/h5-8,15H,4,9-13H2,1-3H3/t15-/m0/s1. The van der Waals surface area contributed by atoms with E-state index < -0.39 is 9.84 Å². The van der Waals surface area contributed by atoms with Crippen LogP contribution >= 0.6 is 11.8 Å². The Labute approximate surface area is 170 Å². The monoisotopic (exact) mass is 422 g/mol. The molecule has 2 heterocycles. The summed E-state index contributed by atoms with van der Waals surface area (Å²) in [4.78, 5) is 14.5. The Balaban J connectivity index is 1.69. The van der Waals surface area contributed by atoms with E-state index in [0.29, 0.717) is 18.1 Å². The number of nitrogens with zero attached hydrogens (tertiary/aromatic N) is 4. The summed E-state index contributed by atoms with van der Waals surface area (Å²) in [6.07, 6.45) is 1.33. The van der Waals surface area contributed by atoms with Gasteiger partial charge in [-0.2, -0.15) is 0 Å². The van der Waals surface area contributed by atoms with Gasteiger partial charge < -0.3 is 9.47 Å². The summed E-state index contributed by atoms with van der Waals surface area (Å²) in [5.41, 5.74) is 2.13. The summed E-state index contributed by atoms with van der Waals surface area (Å²) in [6.45, 7) is 4.60. The van der Waals surface area contributed by atoms with Gasteiger partial charge in [0.15, 0.2) is 20.8 Å². The zero-order valence-corrected chi connectivity index (χ0v) is 18.1. The van der Waals surface area contributed by atoms with Crippen LogP contribution in [0.15, 0.2) is 29.4 Å². The molecule has 3 rings (SSSR count). The highest BCUT2D eigenvalue weighted by molar-refractivity contribution is 7.99. The van der Waals surface area contributed by atoms with Crippen LogP contribution in [-0.2, 0) is 21.7 Å². The van der Waals surface area contributed by atoms with Crippen molar-refractivity contribution in [1.29, 1.82) is 0 Å². The number of carbonyl (C=O) groups is 1. The Morgan fingerprint density at radius 1 is 1.32 bits per heavy atom. The number of carbonyl (C=O) groups excluding carboxylic acids is 1. The highest BCUT2D eigenvalue weighted by Crippen LogP contribution is 2.26. The van der Waals surface area contributed by atoms with E-state index in [1.165, 1.54) is 11.8 Å². The van der Waals surface area contributed by atoms with Crippen molar-refractivity contribution in [3.8, 4) is 11.4 Å². The van der Waals surface area contributed by atoms with Crippen molar-refractivity contribution in [2.75, 3.05) is 23.8 Å². The molecule has 1 aliphatic heterocycles. The smallest absolute Gasteiger partial charge is 0.233 e. The molecule has 0 spiro atoms. The third kappa shape index (κ3) is 4.57. The zero-order chi connectivity index (χ0) is 20.3. The van der Waals surface area contributed by atoms with E-state index in [2.05, 4.69) is 10.2 Å². The van der Waals surface area contributed by atoms with Crippen LogP contribution in [0.5, 0.6) is 0 Å². The molecular formula is C19H26N4O3S2. The molecule has 1 aromatic carbocycles. The van der Waals surface area contributed by atoms with Gasteiger partial charge in [-0.15, -0.1) is 10.2 Å². The van der Waals surface area contributed by atoms with E-state index in [1.54, 1.807) is 4.90 Å². The van der Waals surface area contributed by atoms with Crippen LogP contribution in [0.2, 0.25) is 0 Å². The second-order valence-electron chi connectivity index (χ2n) is 7.11. The average molecular weight is 423 g/mol. The summed E-state index contributed by atoms with van der Waals surface area (Å²) in [7, 11) is -1.13. The number of benzene rings is 1. The molecule has 2 aromatic rings.